The van der Waals surface area contributed by atoms with E-state index in [1.54, 1.807) is 41.5 Å². The first-order chi connectivity index (χ1) is 21.3. The third-order valence-electron chi connectivity index (χ3n) is 6.01. The van der Waals surface area contributed by atoms with E-state index in [4.69, 9.17) is 9.47 Å². The Morgan fingerprint density at radius 2 is 1.00 bits per heavy atom. The van der Waals surface area contributed by atoms with Crippen molar-refractivity contribution >= 4 is 35.6 Å². The van der Waals surface area contributed by atoms with Crippen molar-refractivity contribution in [3.8, 4) is 11.4 Å². The summed E-state index contributed by atoms with van der Waals surface area (Å²) in [6, 6.07) is 6.06. The molecule has 0 aliphatic rings. The maximum atomic E-state index is 12.8. The fourth-order valence-corrected chi connectivity index (χ4v) is 3.99. The first-order valence-electron chi connectivity index (χ1n) is 14.8. The topological polar surface area (TPSA) is 177 Å². The van der Waals surface area contributed by atoms with Crippen LogP contribution in [0.3, 0.4) is 0 Å². The van der Waals surface area contributed by atoms with Gasteiger partial charge in [-0.05, 0) is 65.8 Å². The molecule has 2 rings (SSSR count). The van der Waals surface area contributed by atoms with Gasteiger partial charge in [0, 0.05) is 63.5 Å². The molecule has 250 valence electrons. The van der Waals surface area contributed by atoms with Gasteiger partial charge in [0.05, 0.1) is 11.4 Å². The molecule has 2 N–H and O–H groups in total. The SMILES string of the molecule is CC(=O)N(CCNC(=O)c1ccnc(-c2cc(C(=O)NCCN(CC(=O)OC(C)(C)C)C(C)=O)ccn2)c1)CC(=O)OC(C)(C)C. The number of carbonyl (C=O) groups excluding carboxylic acids is 6. The second-order valence-electron chi connectivity index (χ2n) is 12.4. The molecule has 0 radical (unpaired) electrons. The van der Waals surface area contributed by atoms with E-state index in [0.717, 1.165) is 0 Å². The fraction of sp³-hybridized carbons (Fsp3) is 0.500. The highest BCUT2D eigenvalue weighted by Crippen LogP contribution is 2.17. The van der Waals surface area contributed by atoms with Gasteiger partial charge in [-0.2, -0.15) is 0 Å². The van der Waals surface area contributed by atoms with Crippen molar-refractivity contribution in [2.45, 2.75) is 66.6 Å². The van der Waals surface area contributed by atoms with Crippen LogP contribution in [-0.2, 0) is 28.7 Å². The number of ether oxygens (including phenoxy) is 2. The first kappa shape index (κ1) is 37.3. The van der Waals surface area contributed by atoms with Gasteiger partial charge in [0.15, 0.2) is 0 Å². The largest absolute Gasteiger partial charge is 0.459 e. The summed E-state index contributed by atoms with van der Waals surface area (Å²) in [5, 5.41) is 5.45. The highest BCUT2D eigenvalue weighted by Gasteiger charge is 2.22. The van der Waals surface area contributed by atoms with Crippen molar-refractivity contribution in [2.24, 2.45) is 0 Å². The van der Waals surface area contributed by atoms with Gasteiger partial charge < -0.3 is 29.9 Å². The molecule has 46 heavy (non-hydrogen) atoms. The minimum absolute atomic E-state index is 0.0889. The molecule has 14 heteroatoms. The Morgan fingerprint density at radius 3 is 1.30 bits per heavy atom. The molecule has 0 saturated carbocycles. The number of nitrogens with one attached hydrogen (secondary N) is 2. The van der Waals surface area contributed by atoms with Crippen molar-refractivity contribution in [1.82, 2.24) is 30.4 Å². The maximum absolute atomic E-state index is 12.8. The van der Waals surface area contributed by atoms with Crippen LogP contribution in [0.15, 0.2) is 36.7 Å². The van der Waals surface area contributed by atoms with E-state index in [1.165, 1.54) is 60.3 Å². The fourth-order valence-electron chi connectivity index (χ4n) is 3.99. The number of rotatable bonds is 13. The highest BCUT2D eigenvalue weighted by atomic mass is 16.6. The van der Waals surface area contributed by atoms with E-state index in [2.05, 4.69) is 20.6 Å². The number of aromatic nitrogens is 2. The predicted octanol–water partition coefficient (Wildman–Crippen LogP) is 1.98. The monoisotopic (exact) mass is 640 g/mol. The van der Waals surface area contributed by atoms with Gasteiger partial charge in [0.25, 0.3) is 11.8 Å². The maximum Gasteiger partial charge on any atom is 0.326 e. The molecule has 14 nitrogen and oxygen atoms in total. The number of hydrogen-bond acceptors (Lipinski definition) is 10. The summed E-state index contributed by atoms with van der Waals surface area (Å²) >= 11 is 0. The van der Waals surface area contributed by atoms with Crippen LogP contribution in [0.1, 0.15) is 76.1 Å². The number of esters is 2. The average molecular weight is 641 g/mol. The van der Waals surface area contributed by atoms with Crippen LogP contribution in [0.2, 0.25) is 0 Å². The van der Waals surface area contributed by atoms with Crippen LogP contribution in [0.25, 0.3) is 11.4 Å². The van der Waals surface area contributed by atoms with Crippen LogP contribution in [0.5, 0.6) is 0 Å². The van der Waals surface area contributed by atoms with Gasteiger partial charge >= 0.3 is 11.9 Å². The molecule has 0 atom stereocenters. The van der Waals surface area contributed by atoms with Crippen molar-refractivity contribution in [2.75, 3.05) is 39.3 Å². The second kappa shape index (κ2) is 16.4. The van der Waals surface area contributed by atoms with E-state index < -0.39 is 35.0 Å². The van der Waals surface area contributed by atoms with Crippen molar-refractivity contribution in [1.29, 1.82) is 0 Å². The molecule has 2 heterocycles. The van der Waals surface area contributed by atoms with Crippen LogP contribution < -0.4 is 10.6 Å². The summed E-state index contributed by atoms with van der Waals surface area (Å²) in [6.45, 7) is 13.0. The molecular weight excluding hydrogens is 596 g/mol. The molecule has 0 bridgehead atoms. The van der Waals surface area contributed by atoms with Crippen molar-refractivity contribution < 1.29 is 38.2 Å². The summed E-state index contributed by atoms with van der Waals surface area (Å²) in [7, 11) is 0. The summed E-state index contributed by atoms with van der Waals surface area (Å²) in [4.78, 5) is 85.1. The minimum Gasteiger partial charge on any atom is -0.459 e. The molecule has 0 aromatic carbocycles. The van der Waals surface area contributed by atoms with Gasteiger partial charge in [-0.3, -0.25) is 38.7 Å². The van der Waals surface area contributed by atoms with Crippen molar-refractivity contribution in [3.05, 3.63) is 47.8 Å². The van der Waals surface area contributed by atoms with Gasteiger partial charge in [-0.25, -0.2) is 0 Å². The summed E-state index contributed by atoms with van der Waals surface area (Å²) < 4.78 is 10.5. The lowest BCUT2D eigenvalue weighted by Crippen LogP contribution is -2.42. The van der Waals surface area contributed by atoms with E-state index in [9.17, 15) is 28.8 Å². The molecule has 2 aromatic heterocycles. The van der Waals surface area contributed by atoms with E-state index >= 15 is 0 Å². The summed E-state index contributed by atoms with van der Waals surface area (Å²) in [5.74, 6) is -2.63. The van der Waals surface area contributed by atoms with Gasteiger partial charge in [-0.1, -0.05) is 0 Å². The first-order valence-corrected chi connectivity index (χ1v) is 14.8. The standard InChI is InChI=1S/C32H44N6O8/c1-21(39)37(19-27(41)45-31(3,4)5)15-13-35-29(43)23-9-11-33-25(17-23)26-18-24(10-12-34-26)30(44)36-14-16-38(22(2)40)20-28(42)46-32(6,7)8/h9-12,17-18H,13-16,19-20H2,1-8H3,(H,35,43)(H,36,44). The quantitative estimate of drug-likeness (QED) is 0.308. The Bertz CT molecular complexity index is 1320. The Kier molecular flexibility index (Phi) is 13.3. The van der Waals surface area contributed by atoms with Crippen molar-refractivity contribution in [3.63, 3.8) is 0 Å². The molecule has 0 fully saturated rings. The third kappa shape index (κ3) is 13.4. The molecule has 0 aliphatic carbocycles. The molecular formula is C32H44N6O8. The lowest BCUT2D eigenvalue weighted by molar-refractivity contribution is -0.159. The molecule has 0 spiro atoms. The van der Waals surface area contributed by atoms with E-state index in [0.29, 0.717) is 11.4 Å². The van der Waals surface area contributed by atoms with Crippen LogP contribution in [0.4, 0.5) is 0 Å². The predicted molar refractivity (Wildman–Crippen MR) is 168 cm³/mol. The lowest BCUT2D eigenvalue weighted by Gasteiger charge is -2.24. The Hall–Kier alpha value is -4.88. The molecule has 0 unspecified atom stereocenters. The lowest BCUT2D eigenvalue weighted by atomic mass is 10.1. The smallest absolute Gasteiger partial charge is 0.326 e. The highest BCUT2D eigenvalue weighted by molar-refractivity contribution is 5.96. The van der Waals surface area contributed by atoms with Crippen LogP contribution in [-0.4, -0.2) is 106 Å². The Balaban J connectivity index is 1.99. The average Bonchev–Trinajstić information content (AvgIpc) is 2.94. The zero-order valence-corrected chi connectivity index (χ0v) is 27.8. The number of carbonyl (C=O) groups is 6. The number of amides is 4. The van der Waals surface area contributed by atoms with E-state index in [1.807, 2.05) is 0 Å². The molecule has 0 aliphatic heterocycles. The van der Waals surface area contributed by atoms with Gasteiger partial charge in [-0.15, -0.1) is 0 Å². The van der Waals surface area contributed by atoms with Crippen LogP contribution >= 0.6 is 0 Å². The molecule has 4 amide bonds. The third-order valence-corrected chi connectivity index (χ3v) is 6.01. The Labute approximate surface area is 269 Å². The van der Waals surface area contributed by atoms with Gasteiger partial charge in [0.1, 0.15) is 24.3 Å². The zero-order chi connectivity index (χ0) is 34.7. The van der Waals surface area contributed by atoms with Gasteiger partial charge in [0.2, 0.25) is 11.8 Å². The van der Waals surface area contributed by atoms with E-state index in [-0.39, 0.29) is 62.2 Å². The normalized spacial score (nSPS) is 11.2. The summed E-state index contributed by atoms with van der Waals surface area (Å²) in [5.41, 5.74) is -0.133. The minimum atomic E-state index is -0.687. The molecule has 0 saturated heterocycles. The molecule has 2 aromatic rings. The number of hydrogen-bond donors (Lipinski definition) is 2. The zero-order valence-electron chi connectivity index (χ0n) is 27.8. The number of nitrogens with zero attached hydrogens (tertiary/aromatic N) is 4. The second-order valence-corrected chi connectivity index (χ2v) is 12.4. The summed E-state index contributed by atoms with van der Waals surface area (Å²) in [6.07, 6.45) is 2.87. The van der Waals surface area contributed by atoms with Crippen LogP contribution in [0, 0.1) is 0 Å². The Morgan fingerprint density at radius 1 is 0.652 bits per heavy atom. The number of pyridine rings is 2.